The number of amides is 3. The summed E-state index contributed by atoms with van der Waals surface area (Å²) in [7, 11) is 0. The van der Waals surface area contributed by atoms with Gasteiger partial charge in [0.15, 0.2) is 6.10 Å². The molecule has 3 amide bonds. The first kappa shape index (κ1) is 20.3. The van der Waals surface area contributed by atoms with Crippen LogP contribution >= 0.6 is 0 Å². The molecule has 0 aromatic heterocycles. The molecule has 0 bridgehead atoms. The monoisotopic (exact) mass is 394 g/mol. The van der Waals surface area contributed by atoms with Crippen molar-refractivity contribution < 1.29 is 23.9 Å². The van der Waals surface area contributed by atoms with Crippen LogP contribution in [0.25, 0.3) is 0 Å². The van der Waals surface area contributed by atoms with E-state index in [2.05, 4.69) is 5.32 Å². The Morgan fingerprint density at radius 1 is 1.00 bits per heavy atom. The Kier molecular flexibility index (Phi) is 5.77. The zero-order valence-electron chi connectivity index (χ0n) is 16.5. The molecule has 7 nitrogen and oxygen atoms in total. The number of esters is 1. The van der Waals surface area contributed by atoms with Gasteiger partial charge in [-0.3, -0.25) is 19.3 Å². The number of nitrogens with one attached hydrogen (secondary N) is 1. The molecule has 0 aliphatic carbocycles. The molecule has 1 atom stereocenters. The summed E-state index contributed by atoms with van der Waals surface area (Å²) in [5.74, 6) is -1.63. The lowest BCUT2D eigenvalue weighted by molar-refractivity contribution is -0.124. The van der Waals surface area contributed by atoms with Gasteiger partial charge in [0, 0.05) is 18.5 Å². The van der Waals surface area contributed by atoms with Gasteiger partial charge >= 0.3 is 5.97 Å². The van der Waals surface area contributed by atoms with Crippen molar-refractivity contribution in [3.63, 3.8) is 0 Å². The Morgan fingerprint density at radius 3 is 2.21 bits per heavy atom. The highest BCUT2D eigenvalue weighted by Gasteiger charge is 2.30. The first-order chi connectivity index (χ1) is 13.8. The van der Waals surface area contributed by atoms with E-state index in [9.17, 15) is 19.2 Å². The summed E-state index contributed by atoms with van der Waals surface area (Å²) in [6.07, 6.45) is -0.615. The maximum atomic E-state index is 12.3. The molecule has 1 saturated heterocycles. The molecule has 2 aromatic rings. The first-order valence-electron chi connectivity index (χ1n) is 9.31. The van der Waals surface area contributed by atoms with Crippen LogP contribution in [-0.2, 0) is 19.1 Å². The second-order valence-corrected chi connectivity index (χ2v) is 7.02. The Morgan fingerprint density at radius 2 is 1.62 bits per heavy atom. The van der Waals surface area contributed by atoms with Crippen molar-refractivity contribution in [2.45, 2.75) is 39.7 Å². The molecule has 0 spiro atoms. The van der Waals surface area contributed by atoms with Gasteiger partial charge < -0.3 is 10.1 Å². The number of imide groups is 1. The smallest absolute Gasteiger partial charge is 0.338 e. The Balaban J connectivity index is 1.62. The third kappa shape index (κ3) is 4.51. The van der Waals surface area contributed by atoms with E-state index < -0.39 is 18.0 Å². The van der Waals surface area contributed by atoms with Crippen molar-refractivity contribution in [2.24, 2.45) is 0 Å². The highest BCUT2D eigenvalue weighted by molar-refractivity contribution is 6.19. The summed E-state index contributed by atoms with van der Waals surface area (Å²) in [4.78, 5) is 49.4. The molecule has 29 heavy (non-hydrogen) atoms. The van der Waals surface area contributed by atoms with Crippen molar-refractivity contribution in [1.29, 1.82) is 0 Å². The summed E-state index contributed by atoms with van der Waals surface area (Å²) >= 11 is 0. The first-order valence-corrected chi connectivity index (χ1v) is 9.31. The van der Waals surface area contributed by atoms with E-state index in [1.807, 2.05) is 26.0 Å². The van der Waals surface area contributed by atoms with E-state index in [0.29, 0.717) is 11.4 Å². The number of anilines is 2. The number of nitrogens with zero attached hydrogens (tertiary/aromatic N) is 1. The summed E-state index contributed by atoms with van der Waals surface area (Å²) in [5.41, 5.74) is 3.29. The maximum Gasteiger partial charge on any atom is 0.338 e. The SMILES string of the molecule is Cc1ccc(NC(=O)C(C)OC(=O)c2ccc(N3C(=O)CCC3=O)cc2)c(C)c1. The number of benzene rings is 2. The summed E-state index contributed by atoms with van der Waals surface area (Å²) in [6.45, 7) is 5.34. The number of ether oxygens (including phenoxy) is 1. The number of carbonyl (C=O) groups is 4. The predicted molar refractivity (Wildman–Crippen MR) is 108 cm³/mol. The van der Waals surface area contributed by atoms with Crippen molar-refractivity contribution in [2.75, 3.05) is 10.2 Å². The average Bonchev–Trinajstić information content (AvgIpc) is 3.02. The molecule has 0 radical (unpaired) electrons. The fourth-order valence-corrected chi connectivity index (χ4v) is 3.08. The number of hydrogen-bond donors (Lipinski definition) is 1. The highest BCUT2D eigenvalue weighted by atomic mass is 16.5. The molecular formula is C22H22N2O5. The number of aryl methyl sites for hydroxylation is 2. The van der Waals surface area contributed by atoms with Gasteiger partial charge in [0.1, 0.15) is 0 Å². The van der Waals surface area contributed by atoms with Crippen molar-refractivity contribution in [1.82, 2.24) is 0 Å². The molecule has 1 fully saturated rings. The minimum atomic E-state index is -0.996. The Bertz CT molecular complexity index is 965. The van der Waals surface area contributed by atoms with Gasteiger partial charge in [0.25, 0.3) is 5.91 Å². The topological polar surface area (TPSA) is 92.8 Å². The standard InChI is InChI=1S/C22H22N2O5/c1-13-4-9-18(14(2)12-13)23-21(27)15(3)29-22(28)16-5-7-17(8-6-16)24-19(25)10-11-20(24)26/h4-9,12,15H,10-11H2,1-3H3,(H,23,27). The predicted octanol–water partition coefficient (Wildman–Crippen LogP) is 3.14. The third-order valence-electron chi connectivity index (χ3n) is 4.71. The molecule has 150 valence electrons. The molecule has 1 aliphatic heterocycles. The lowest BCUT2D eigenvalue weighted by atomic mass is 10.1. The van der Waals surface area contributed by atoms with Crippen LogP contribution in [0.5, 0.6) is 0 Å². The molecule has 1 heterocycles. The minimum absolute atomic E-state index is 0.190. The van der Waals surface area contributed by atoms with E-state index in [1.165, 1.54) is 31.2 Å². The van der Waals surface area contributed by atoms with Gasteiger partial charge in [-0.2, -0.15) is 0 Å². The maximum absolute atomic E-state index is 12.3. The highest BCUT2D eigenvalue weighted by Crippen LogP contribution is 2.23. The van der Waals surface area contributed by atoms with Gasteiger partial charge in [-0.15, -0.1) is 0 Å². The van der Waals surface area contributed by atoms with Crippen molar-refractivity contribution >= 4 is 35.1 Å². The van der Waals surface area contributed by atoms with E-state index in [-0.39, 0.29) is 30.2 Å². The van der Waals surface area contributed by atoms with Crippen LogP contribution < -0.4 is 10.2 Å². The van der Waals surface area contributed by atoms with Crippen LogP contribution in [0.15, 0.2) is 42.5 Å². The number of carbonyl (C=O) groups excluding carboxylic acids is 4. The second kappa shape index (κ2) is 8.26. The molecule has 0 saturated carbocycles. The number of rotatable bonds is 5. The Labute approximate surface area is 168 Å². The van der Waals surface area contributed by atoms with Gasteiger partial charge in [-0.1, -0.05) is 17.7 Å². The van der Waals surface area contributed by atoms with Crippen molar-refractivity contribution in [3.05, 3.63) is 59.2 Å². The zero-order chi connectivity index (χ0) is 21.1. The fourth-order valence-electron chi connectivity index (χ4n) is 3.08. The molecule has 1 N–H and O–H groups in total. The van der Waals surface area contributed by atoms with Crippen LogP contribution in [-0.4, -0.2) is 29.8 Å². The van der Waals surface area contributed by atoms with Crippen LogP contribution in [0.3, 0.4) is 0 Å². The fraction of sp³-hybridized carbons (Fsp3) is 0.273. The van der Waals surface area contributed by atoms with Gasteiger partial charge in [-0.05, 0) is 56.7 Å². The lowest BCUT2D eigenvalue weighted by Gasteiger charge is -2.16. The summed E-state index contributed by atoms with van der Waals surface area (Å²) in [5, 5.41) is 2.75. The van der Waals surface area contributed by atoms with E-state index >= 15 is 0 Å². The summed E-state index contributed by atoms with van der Waals surface area (Å²) in [6, 6.07) is 11.6. The van der Waals surface area contributed by atoms with E-state index in [1.54, 1.807) is 6.07 Å². The van der Waals surface area contributed by atoms with Gasteiger partial charge in [0.05, 0.1) is 11.3 Å². The Hall–Kier alpha value is -3.48. The molecule has 1 aliphatic rings. The molecule has 3 rings (SSSR count). The number of hydrogen-bond acceptors (Lipinski definition) is 5. The van der Waals surface area contributed by atoms with Crippen LogP contribution in [0, 0.1) is 13.8 Å². The minimum Gasteiger partial charge on any atom is -0.449 e. The van der Waals surface area contributed by atoms with Crippen molar-refractivity contribution in [3.8, 4) is 0 Å². The average molecular weight is 394 g/mol. The lowest BCUT2D eigenvalue weighted by Crippen LogP contribution is -2.30. The molecule has 7 heteroatoms. The third-order valence-corrected chi connectivity index (χ3v) is 4.71. The molecular weight excluding hydrogens is 372 g/mol. The second-order valence-electron chi connectivity index (χ2n) is 7.02. The van der Waals surface area contributed by atoms with Crippen LogP contribution in [0.2, 0.25) is 0 Å². The quantitative estimate of drug-likeness (QED) is 0.621. The van der Waals surface area contributed by atoms with Gasteiger partial charge in [0.2, 0.25) is 11.8 Å². The van der Waals surface area contributed by atoms with Crippen LogP contribution in [0.1, 0.15) is 41.3 Å². The van der Waals surface area contributed by atoms with E-state index in [0.717, 1.165) is 16.0 Å². The molecule has 2 aromatic carbocycles. The zero-order valence-corrected chi connectivity index (χ0v) is 16.5. The van der Waals surface area contributed by atoms with Crippen LogP contribution in [0.4, 0.5) is 11.4 Å². The normalized spacial score (nSPS) is 14.7. The largest absolute Gasteiger partial charge is 0.449 e. The van der Waals surface area contributed by atoms with E-state index in [4.69, 9.17) is 4.74 Å². The summed E-state index contributed by atoms with van der Waals surface area (Å²) < 4.78 is 5.24. The molecule has 1 unspecified atom stereocenters. The van der Waals surface area contributed by atoms with Gasteiger partial charge in [-0.25, -0.2) is 4.79 Å².